The Morgan fingerprint density at radius 2 is 1.94 bits per heavy atom. The van der Waals surface area contributed by atoms with E-state index in [1.54, 1.807) is 33.7 Å². The molecule has 31 heavy (non-hydrogen) atoms. The zero-order valence-electron chi connectivity index (χ0n) is 17.1. The van der Waals surface area contributed by atoms with Gasteiger partial charge in [-0.3, -0.25) is 9.78 Å². The van der Waals surface area contributed by atoms with E-state index in [1.165, 1.54) is 0 Å². The Morgan fingerprint density at radius 1 is 1.10 bits per heavy atom. The second kappa shape index (κ2) is 7.56. The Bertz CT molecular complexity index is 1400. The van der Waals surface area contributed by atoms with Crippen LogP contribution in [0.15, 0.2) is 72.2 Å². The van der Waals surface area contributed by atoms with Gasteiger partial charge in [-0.2, -0.15) is 5.10 Å². The monoisotopic (exact) mass is 410 g/mol. The van der Waals surface area contributed by atoms with Crippen molar-refractivity contribution in [2.75, 3.05) is 11.9 Å². The first-order valence-electron chi connectivity index (χ1n) is 9.90. The zero-order valence-corrected chi connectivity index (χ0v) is 17.1. The van der Waals surface area contributed by atoms with E-state index >= 15 is 0 Å². The van der Waals surface area contributed by atoms with Crippen molar-refractivity contribution < 1.29 is 9.16 Å². The fourth-order valence-corrected chi connectivity index (χ4v) is 3.39. The zero-order chi connectivity index (χ0) is 21.4. The number of nitrogens with zero attached hydrogens (tertiary/aromatic N) is 6. The van der Waals surface area contributed by atoms with Crippen molar-refractivity contribution in [1.82, 2.24) is 19.7 Å². The van der Waals surface area contributed by atoms with Gasteiger partial charge in [0.2, 0.25) is 0 Å². The number of hydrogen-bond acceptors (Lipinski definition) is 5. The molecule has 0 spiro atoms. The van der Waals surface area contributed by atoms with Crippen molar-refractivity contribution in [1.29, 1.82) is 0 Å². The lowest BCUT2D eigenvalue weighted by Crippen LogP contribution is -2.38. The fraction of sp³-hybridized carbons (Fsp3) is 0.130. The fourth-order valence-electron chi connectivity index (χ4n) is 3.39. The molecule has 0 atom stereocenters. The summed E-state index contributed by atoms with van der Waals surface area (Å²) >= 11 is 0. The third kappa shape index (κ3) is 3.59. The molecule has 0 radical (unpaired) electrons. The van der Waals surface area contributed by atoms with Crippen LogP contribution in [0.25, 0.3) is 22.5 Å². The quantitative estimate of drug-likeness (QED) is 0.522. The number of anilines is 1. The summed E-state index contributed by atoms with van der Waals surface area (Å²) in [6.07, 6.45) is 5.21. The number of carbonyl (C=O) groups is 1. The maximum atomic E-state index is 13.1. The van der Waals surface area contributed by atoms with Crippen molar-refractivity contribution in [2.24, 2.45) is 5.11 Å². The van der Waals surface area contributed by atoms with Crippen LogP contribution in [0.5, 0.6) is 0 Å². The minimum absolute atomic E-state index is 0.254. The third-order valence-electron chi connectivity index (χ3n) is 5.09. The average molecular weight is 410 g/mol. The predicted molar refractivity (Wildman–Crippen MR) is 115 cm³/mol. The van der Waals surface area contributed by atoms with E-state index in [9.17, 15) is 4.79 Å². The first-order chi connectivity index (χ1) is 15.1. The molecular formula is C23H20N7O+. The number of amides is 1. The van der Waals surface area contributed by atoms with Gasteiger partial charge in [-0.1, -0.05) is 17.7 Å². The topological polar surface area (TPSA) is 91.0 Å². The summed E-state index contributed by atoms with van der Waals surface area (Å²) in [5.41, 5.74) is 5.57. The molecule has 1 N–H and O–H groups in total. The number of nitrogens with one attached hydrogen (secondary N) is 1. The van der Waals surface area contributed by atoms with E-state index in [0.717, 1.165) is 28.2 Å². The smallest absolute Gasteiger partial charge is 0.306 e. The molecule has 1 aliphatic heterocycles. The molecule has 1 aliphatic rings. The SMILES string of the molecule is Cc1ccc(-n2nc(-c3ccc(C)nc3)cc2NC(=O)C2=c3nccc[n+]3=NC2)cc1. The molecule has 0 fully saturated rings. The van der Waals surface area contributed by atoms with E-state index in [0.29, 0.717) is 16.9 Å². The lowest BCUT2D eigenvalue weighted by Gasteiger charge is -2.08. The molecule has 1 amide bonds. The van der Waals surface area contributed by atoms with Crippen LogP contribution in [0.3, 0.4) is 0 Å². The summed E-state index contributed by atoms with van der Waals surface area (Å²) < 4.78 is 3.35. The van der Waals surface area contributed by atoms with Gasteiger partial charge in [0.25, 0.3) is 5.91 Å². The van der Waals surface area contributed by atoms with Crippen LogP contribution in [0.2, 0.25) is 0 Å². The minimum Gasteiger partial charge on any atom is -0.306 e. The van der Waals surface area contributed by atoms with Gasteiger partial charge in [-0.05, 0) is 43.1 Å². The maximum absolute atomic E-state index is 13.1. The number of carbonyl (C=O) groups excluding carboxylic acids is 1. The van der Waals surface area contributed by atoms with Gasteiger partial charge in [-0.25, -0.2) is 4.68 Å². The van der Waals surface area contributed by atoms with Gasteiger partial charge in [0.05, 0.1) is 11.4 Å². The van der Waals surface area contributed by atoms with E-state index in [4.69, 9.17) is 5.10 Å². The average Bonchev–Trinajstić information content (AvgIpc) is 3.39. The molecule has 0 bridgehead atoms. The van der Waals surface area contributed by atoms with Crippen molar-refractivity contribution >= 4 is 17.3 Å². The number of aryl methyl sites for hydroxylation is 2. The number of aromatic nitrogens is 5. The Morgan fingerprint density at radius 3 is 2.71 bits per heavy atom. The minimum atomic E-state index is -0.254. The highest BCUT2D eigenvalue weighted by atomic mass is 16.1. The van der Waals surface area contributed by atoms with Gasteiger partial charge >= 0.3 is 5.48 Å². The van der Waals surface area contributed by atoms with Crippen LogP contribution in [0.4, 0.5) is 5.82 Å². The molecule has 8 nitrogen and oxygen atoms in total. The second-order valence-corrected chi connectivity index (χ2v) is 7.37. The predicted octanol–water partition coefficient (Wildman–Crippen LogP) is 2.07. The molecule has 0 saturated carbocycles. The molecule has 5 rings (SSSR count). The van der Waals surface area contributed by atoms with Crippen LogP contribution in [0, 0.1) is 13.8 Å². The van der Waals surface area contributed by atoms with Crippen LogP contribution < -0.4 is 15.2 Å². The molecule has 0 unspecified atom stereocenters. The summed E-state index contributed by atoms with van der Waals surface area (Å²) in [6.45, 7) is 4.24. The van der Waals surface area contributed by atoms with Crippen LogP contribution in [-0.4, -0.2) is 32.2 Å². The Labute approximate surface area is 178 Å². The van der Waals surface area contributed by atoms with E-state index in [-0.39, 0.29) is 12.5 Å². The molecule has 4 aromatic rings. The van der Waals surface area contributed by atoms with E-state index < -0.39 is 0 Å². The molecular weight excluding hydrogens is 390 g/mol. The number of hydrogen-bond donors (Lipinski definition) is 1. The highest BCUT2D eigenvalue weighted by molar-refractivity contribution is 6.20. The van der Waals surface area contributed by atoms with Gasteiger partial charge in [0.1, 0.15) is 30.3 Å². The Hall–Kier alpha value is -4.20. The van der Waals surface area contributed by atoms with Gasteiger partial charge in [-0.15, -0.1) is 9.48 Å². The van der Waals surface area contributed by atoms with E-state index in [1.807, 2.05) is 56.3 Å². The third-order valence-corrected chi connectivity index (χ3v) is 5.09. The molecule has 3 aromatic heterocycles. The lowest BCUT2D eigenvalue weighted by atomic mass is 10.2. The summed E-state index contributed by atoms with van der Waals surface area (Å²) in [5, 5.41) is 12.1. The first-order valence-corrected chi connectivity index (χ1v) is 9.90. The number of benzene rings is 1. The molecule has 8 heteroatoms. The molecule has 4 heterocycles. The normalized spacial score (nSPS) is 12.4. The molecule has 0 aliphatic carbocycles. The maximum Gasteiger partial charge on any atom is 0.358 e. The summed E-state index contributed by atoms with van der Waals surface area (Å²) in [4.78, 5) is 21.7. The van der Waals surface area contributed by atoms with E-state index in [2.05, 4.69) is 20.4 Å². The number of fused-ring (bicyclic) bond motifs is 1. The largest absolute Gasteiger partial charge is 0.358 e. The van der Waals surface area contributed by atoms with Gasteiger partial charge < -0.3 is 5.32 Å². The summed E-state index contributed by atoms with van der Waals surface area (Å²) in [5.74, 6) is 0.307. The van der Waals surface area contributed by atoms with Crippen LogP contribution >= 0.6 is 0 Å². The highest BCUT2D eigenvalue weighted by Crippen LogP contribution is 2.25. The van der Waals surface area contributed by atoms with Crippen molar-refractivity contribution in [3.63, 3.8) is 0 Å². The van der Waals surface area contributed by atoms with Crippen LogP contribution in [0.1, 0.15) is 11.3 Å². The second-order valence-electron chi connectivity index (χ2n) is 7.37. The number of rotatable bonds is 4. The molecule has 1 aromatic carbocycles. The molecule has 152 valence electrons. The standard InChI is InChI=1S/C23H19N7O/c1-15-4-8-18(9-5-15)30-21(12-20(28-30)17-7-6-16(2)25-13-17)27-23(31)19-14-26-29-11-3-10-24-22(19)29/h3-13H,14H2,1-2H3/p+1. The summed E-state index contributed by atoms with van der Waals surface area (Å²) in [7, 11) is 0. The first kappa shape index (κ1) is 18.8. The van der Waals surface area contributed by atoms with Gasteiger partial charge in [0, 0.05) is 29.6 Å². The van der Waals surface area contributed by atoms with Crippen LogP contribution in [-0.2, 0) is 4.79 Å². The molecule has 0 saturated heterocycles. The Kier molecular flexibility index (Phi) is 4.59. The van der Waals surface area contributed by atoms with Gasteiger partial charge in [0.15, 0.2) is 0 Å². The Balaban J connectivity index is 1.57. The van der Waals surface area contributed by atoms with Crippen molar-refractivity contribution in [3.8, 4) is 16.9 Å². The van der Waals surface area contributed by atoms with Crippen molar-refractivity contribution in [3.05, 3.63) is 83.9 Å². The number of pyridine rings is 1. The van der Waals surface area contributed by atoms with Crippen molar-refractivity contribution in [2.45, 2.75) is 13.8 Å². The lowest BCUT2D eigenvalue weighted by molar-refractivity contribution is -0.561. The summed E-state index contributed by atoms with van der Waals surface area (Å²) in [6, 6.07) is 15.5. The highest BCUT2D eigenvalue weighted by Gasteiger charge is 2.24.